The molecule has 0 aliphatic carbocycles. The molecule has 108 valence electrons. The van der Waals surface area contributed by atoms with Crippen molar-refractivity contribution in [1.29, 1.82) is 0 Å². The highest BCUT2D eigenvalue weighted by Gasteiger charge is 2.14. The fourth-order valence-electron chi connectivity index (χ4n) is 2.40. The molecule has 4 heteroatoms. The molecule has 0 spiro atoms. The Hall–Kier alpha value is -0.220. The maximum absolute atomic E-state index is 10.1. The molecule has 1 aromatic rings. The van der Waals surface area contributed by atoms with E-state index in [2.05, 4.69) is 36.1 Å². The summed E-state index contributed by atoms with van der Waals surface area (Å²) in [6.07, 6.45) is 3.72. The van der Waals surface area contributed by atoms with Crippen LogP contribution < -0.4 is 0 Å². The summed E-state index contributed by atoms with van der Waals surface area (Å²) in [6.45, 7) is 5.27. The molecule has 0 radical (unpaired) electrons. The van der Waals surface area contributed by atoms with Crippen LogP contribution in [0.4, 0.5) is 0 Å². The Morgan fingerprint density at radius 3 is 2.58 bits per heavy atom. The zero-order valence-electron chi connectivity index (χ0n) is 11.5. The first-order valence-corrected chi connectivity index (χ1v) is 7.83. The fraction of sp³-hybridized carbons (Fsp3) is 0.600. The lowest BCUT2D eigenvalue weighted by Crippen LogP contribution is -2.37. The lowest BCUT2D eigenvalue weighted by Gasteiger charge is -2.28. The highest BCUT2D eigenvalue weighted by molar-refractivity contribution is 7.99. The van der Waals surface area contributed by atoms with Crippen LogP contribution in [0.25, 0.3) is 0 Å². The first kappa shape index (κ1) is 16.8. The number of hydrogen-bond acceptors (Lipinski definition) is 3. The van der Waals surface area contributed by atoms with Crippen LogP contribution in [0.5, 0.6) is 0 Å². The molecule has 1 aliphatic heterocycles. The topological polar surface area (TPSA) is 23.5 Å². The maximum Gasteiger partial charge on any atom is 0.0760 e. The van der Waals surface area contributed by atoms with Gasteiger partial charge in [0.15, 0.2) is 0 Å². The smallest absolute Gasteiger partial charge is 0.0760 e. The van der Waals surface area contributed by atoms with Crippen molar-refractivity contribution in [3.05, 3.63) is 29.8 Å². The summed E-state index contributed by atoms with van der Waals surface area (Å²) in [4.78, 5) is 3.68. The minimum absolute atomic E-state index is 0. The van der Waals surface area contributed by atoms with Crippen molar-refractivity contribution >= 4 is 24.2 Å². The predicted octanol–water partition coefficient (Wildman–Crippen LogP) is 3.36. The van der Waals surface area contributed by atoms with Crippen LogP contribution >= 0.6 is 24.2 Å². The summed E-state index contributed by atoms with van der Waals surface area (Å²) in [5.41, 5.74) is 1.30. The fourth-order valence-corrected chi connectivity index (χ4v) is 3.34. The summed E-state index contributed by atoms with van der Waals surface area (Å²) in [5, 5.41) is 10.1. The average Bonchev–Trinajstić information content (AvgIpc) is 2.39. The molecular formula is C15H24ClNOS. The molecule has 1 unspecified atom stereocenters. The van der Waals surface area contributed by atoms with Crippen LogP contribution in [0.1, 0.15) is 24.8 Å². The molecule has 1 N–H and O–H groups in total. The SMILES string of the molecule is Cc1ccccc1SCC(O)CN1CCCCC1.Cl. The molecular weight excluding hydrogens is 278 g/mol. The average molecular weight is 302 g/mol. The van der Waals surface area contributed by atoms with E-state index < -0.39 is 0 Å². The van der Waals surface area contributed by atoms with E-state index in [4.69, 9.17) is 0 Å². The number of hydrogen-bond donors (Lipinski definition) is 1. The first-order chi connectivity index (χ1) is 8.75. The molecule has 1 atom stereocenters. The Kier molecular flexibility index (Phi) is 7.84. The molecule has 1 saturated heterocycles. The molecule has 0 amide bonds. The second-order valence-electron chi connectivity index (χ2n) is 5.09. The lowest BCUT2D eigenvalue weighted by molar-refractivity contribution is 0.117. The van der Waals surface area contributed by atoms with E-state index >= 15 is 0 Å². The van der Waals surface area contributed by atoms with E-state index in [-0.39, 0.29) is 18.5 Å². The highest BCUT2D eigenvalue weighted by Crippen LogP contribution is 2.22. The van der Waals surface area contributed by atoms with Crippen LogP contribution in [-0.4, -0.2) is 41.5 Å². The summed E-state index contributed by atoms with van der Waals surface area (Å²) in [5.74, 6) is 0.793. The second-order valence-corrected chi connectivity index (χ2v) is 6.15. The number of thioether (sulfide) groups is 1. The quantitative estimate of drug-likeness (QED) is 0.844. The van der Waals surface area contributed by atoms with Crippen LogP contribution in [-0.2, 0) is 0 Å². The van der Waals surface area contributed by atoms with E-state index in [0.717, 1.165) is 25.4 Å². The van der Waals surface area contributed by atoms with E-state index in [0.29, 0.717) is 0 Å². The van der Waals surface area contributed by atoms with E-state index in [1.54, 1.807) is 11.8 Å². The number of rotatable bonds is 5. The molecule has 1 fully saturated rings. The van der Waals surface area contributed by atoms with Crippen LogP contribution in [0.2, 0.25) is 0 Å². The van der Waals surface area contributed by atoms with Gasteiger partial charge in [0.05, 0.1) is 6.10 Å². The summed E-state index contributed by atoms with van der Waals surface area (Å²) in [6, 6.07) is 8.38. The van der Waals surface area contributed by atoms with E-state index in [1.165, 1.54) is 29.7 Å². The van der Waals surface area contributed by atoms with Gasteiger partial charge in [0, 0.05) is 17.2 Å². The largest absolute Gasteiger partial charge is 0.391 e. The number of aliphatic hydroxyl groups excluding tert-OH is 1. The third-order valence-electron chi connectivity index (χ3n) is 3.44. The number of piperidine rings is 1. The number of aliphatic hydroxyl groups is 1. The minimum Gasteiger partial charge on any atom is -0.391 e. The van der Waals surface area contributed by atoms with Gasteiger partial charge in [-0.05, 0) is 44.5 Å². The van der Waals surface area contributed by atoms with Crippen LogP contribution in [0, 0.1) is 6.92 Å². The van der Waals surface area contributed by atoms with Gasteiger partial charge in [-0.15, -0.1) is 24.2 Å². The van der Waals surface area contributed by atoms with Gasteiger partial charge in [-0.1, -0.05) is 24.6 Å². The van der Waals surface area contributed by atoms with Crippen molar-refractivity contribution in [2.24, 2.45) is 0 Å². The van der Waals surface area contributed by atoms with Gasteiger partial charge in [0.25, 0.3) is 0 Å². The highest BCUT2D eigenvalue weighted by atomic mass is 35.5. The number of benzene rings is 1. The Morgan fingerprint density at radius 1 is 1.21 bits per heavy atom. The van der Waals surface area contributed by atoms with Crippen molar-refractivity contribution in [1.82, 2.24) is 4.90 Å². The predicted molar refractivity (Wildman–Crippen MR) is 85.4 cm³/mol. The molecule has 2 rings (SSSR count). The molecule has 0 aromatic heterocycles. The molecule has 1 heterocycles. The summed E-state index contributed by atoms with van der Waals surface area (Å²) < 4.78 is 0. The van der Waals surface area contributed by atoms with Crippen molar-refractivity contribution < 1.29 is 5.11 Å². The van der Waals surface area contributed by atoms with Crippen LogP contribution in [0.15, 0.2) is 29.2 Å². The summed E-state index contributed by atoms with van der Waals surface area (Å²) >= 11 is 1.77. The van der Waals surface area contributed by atoms with Gasteiger partial charge in [0.1, 0.15) is 0 Å². The van der Waals surface area contributed by atoms with Gasteiger partial charge >= 0.3 is 0 Å². The summed E-state index contributed by atoms with van der Waals surface area (Å²) in [7, 11) is 0. The number of nitrogens with zero attached hydrogens (tertiary/aromatic N) is 1. The third-order valence-corrected chi connectivity index (χ3v) is 4.76. The normalized spacial score (nSPS) is 17.8. The van der Waals surface area contributed by atoms with Gasteiger partial charge in [-0.2, -0.15) is 0 Å². The monoisotopic (exact) mass is 301 g/mol. The number of halogens is 1. The molecule has 1 aromatic carbocycles. The van der Waals surface area contributed by atoms with Crippen molar-refractivity contribution in [2.75, 3.05) is 25.4 Å². The zero-order valence-corrected chi connectivity index (χ0v) is 13.2. The number of β-amino-alcohol motifs (C(OH)–C–C–N with tert-alkyl or cyclic N) is 1. The van der Waals surface area contributed by atoms with Gasteiger partial charge < -0.3 is 10.0 Å². The Labute approximate surface area is 127 Å². The first-order valence-electron chi connectivity index (χ1n) is 6.84. The third kappa shape index (κ3) is 5.74. The van der Waals surface area contributed by atoms with Crippen molar-refractivity contribution in [2.45, 2.75) is 37.2 Å². The zero-order chi connectivity index (χ0) is 12.8. The van der Waals surface area contributed by atoms with Gasteiger partial charge in [-0.25, -0.2) is 0 Å². The van der Waals surface area contributed by atoms with E-state index in [9.17, 15) is 5.11 Å². The Balaban J connectivity index is 0.00000180. The Bertz CT molecular complexity index is 369. The van der Waals surface area contributed by atoms with Crippen molar-refractivity contribution in [3.8, 4) is 0 Å². The molecule has 1 aliphatic rings. The molecule has 2 nitrogen and oxygen atoms in total. The molecule has 0 bridgehead atoms. The minimum atomic E-state index is -0.215. The lowest BCUT2D eigenvalue weighted by atomic mass is 10.1. The maximum atomic E-state index is 10.1. The van der Waals surface area contributed by atoms with E-state index in [1.807, 2.05) is 0 Å². The van der Waals surface area contributed by atoms with Gasteiger partial charge in [-0.3, -0.25) is 0 Å². The van der Waals surface area contributed by atoms with Gasteiger partial charge in [0.2, 0.25) is 0 Å². The molecule has 19 heavy (non-hydrogen) atoms. The Morgan fingerprint density at radius 2 is 1.89 bits per heavy atom. The standard InChI is InChI=1S/C15H23NOS.ClH/c1-13-7-3-4-8-15(13)18-12-14(17)11-16-9-5-2-6-10-16;/h3-4,7-8,14,17H,2,5-6,9-12H2,1H3;1H. The van der Waals surface area contributed by atoms with Crippen molar-refractivity contribution in [3.63, 3.8) is 0 Å². The molecule has 0 saturated carbocycles. The van der Waals surface area contributed by atoms with Crippen LogP contribution in [0.3, 0.4) is 0 Å². The number of likely N-dealkylation sites (tertiary alicyclic amines) is 1. The second kappa shape index (κ2) is 8.85. The number of aryl methyl sites for hydroxylation is 1.